The summed E-state index contributed by atoms with van der Waals surface area (Å²) in [6.07, 6.45) is 1.98. The van der Waals surface area contributed by atoms with Crippen molar-refractivity contribution in [1.29, 1.82) is 0 Å². The number of hydrogen-bond acceptors (Lipinski definition) is 5. The molecule has 0 atom stereocenters. The van der Waals surface area contributed by atoms with Crippen LogP contribution in [0.15, 0.2) is 36.5 Å². The lowest BCUT2D eigenvalue weighted by Gasteiger charge is -2.18. The van der Waals surface area contributed by atoms with E-state index in [0.717, 1.165) is 22.1 Å². The second kappa shape index (κ2) is 8.44. The standard InChI is InChI=1S/C21H22ClN3O3/c1-12(2)24-21-23-11-13-10-16(14-6-4-5-7-17(14)22)20(28-3)15(19(13)25-21)8-9-18(26)27/h4-7,10-12H,8-9H2,1-3H3,(H,26,27)(H,23,24,25). The van der Waals surface area contributed by atoms with Crippen LogP contribution in [0.3, 0.4) is 0 Å². The smallest absolute Gasteiger partial charge is 0.303 e. The van der Waals surface area contributed by atoms with Crippen molar-refractivity contribution < 1.29 is 14.6 Å². The lowest BCUT2D eigenvalue weighted by atomic mass is 9.96. The highest BCUT2D eigenvalue weighted by atomic mass is 35.5. The third-order valence-electron chi connectivity index (χ3n) is 4.30. The van der Waals surface area contributed by atoms with Crippen LogP contribution in [0.4, 0.5) is 5.95 Å². The van der Waals surface area contributed by atoms with E-state index in [9.17, 15) is 9.90 Å². The predicted molar refractivity (Wildman–Crippen MR) is 111 cm³/mol. The summed E-state index contributed by atoms with van der Waals surface area (Å²) in [6, 6.07) is 9.57. The van der Waals surface area contributed by atoms with Gasteiger partial charge in [0.2, 0.25) is 5.95 Å². The molecule has 3 rings (SSSR count). The normalized spacial score (nSPS) is 11.0. The minimum absolute atomic E-state index is 0.0334. The van der Waals surface area contributed by atoms with Gasteiger partial charge in [-0.15, -0.1) is 0 Å². The number of ether oxygens (including phenoxy) is 1. The number of aliphatic carboxylic acids is 1. The Labute approximate surface area is 168 Å². The first-order valence-electron chi connectivity index (χ1n) is 9.00. The molecular weight excluding hydrogens is 378 g/mol. The number of hydrogen-bond donors (Lipinski definition) is 2. The quantitative estimate of drug-likeness (QED) is 0.593. The fourth-order valence-electron chi connectivity index (χ4n) is 3.13. The Balaban J connectivity index is 2.28. The molecule has 0 fully saturated rings. The van der Waals surface area contributed by atoms with Crippen LogP contribution in [-0.2, 0) is 11.2 Å². The molecule has 0 saturated carbocycles. The molecule has 6 nitrogen and oxygen atoms in total. The monoisotopic (exact) mass is 399 g/mol. The van der Waals surface area contributed by atoms with Crippen LogP contribution in [0.1, 0.15) is 25.8 Å². The number of halogens is 1. The molecule has 0 radical (unpaired) electrons. The second-order valence-corrected chi connectivity index (χ2v) is 7.15. The fraction of sp³-hybridized carbons (Fsp3) is 0.286. The van der Waals surface area contributed by atoms with Gasteiger partial charge >= 0.3 is 5.97 Å². The van der Waals surface area contributed by atoms with Gasteiger partial charge in [-0.3, -0.25) is 4.79 Å². The van der Waals surface area contributed by atoms with Crippen LogP contribution in [0.25, 0.3) is 22.0 Å². The molecule has 0 bridgehead atoms. The Kier molecular flexibility index (Phi) is 5.99. The molecule has 0 saturated heterocycles. The van der Waals surface area contributed by atoms with Crippen LogP contribution in [0, 0.1) is 0 Å². The summed E-state index contributed by atoms with van der Waals surface area (Å²) < 4.78 is 5.71. The highest BCUT2D eigenvalue weighted by Crippen LogP contribution is 2.41. The Morgan fingerprint density at radius 2 is 2.04 bits per heavy atom. The van der Waals surface area contributed by atoms with Crippen molar-refractivity contribution in [2.45, 2.75) is 32.7 Å². The topological polar surface area (TPSA) is 84.3 Å². The van der Waals surface area contributed by atoms with Gasteiger partial charge < -0.3 is 15.2 Å². The highest BCUT2D eigenvalue weighted by Gasteiger charge is 2.19. The molecule has 2 aromatic carbocycles. The molecule has 0 aliphatic carbocycles. The van der Waals surface area contributed by atoms with Crippen molar-refractivity contribution in [2.75, 3.05) is 12.4 Å². The van der Waals surface area contributed by atoms with Crippen molar-refractivity contribution in [3.63, 3.8) is 0 Å². The van der Waals surface area contributed by atoms with Gasteiger partial charge in [-0.1, -0.05) is 29.8 Å². The number of nitrogens with zero attached hydrogens (tertiary/aromatic N) is 2. The van der Waals surface area contributed by atoms with Crippen molar-refractivity contribution >= 4 is 34.4 Å². The van der Waals surface area contributed by atoms with E-state index < -0.39 is 5.97 Å². The molecule has 3 aromatic rings. The van der Waals surface area contributed by atoms with Gasteiger partial charge in [-0.25, -0.2) is 9.97 Å². The van der Waals surface area contributed by atoms with Crippen molar-refractivity contribution in [2.24, 2.45) is 0 Å². The average molecular weight is 400 g/mol. The molecule has 0 unspecified atom stereocenters. The molecule has 28 heavy (non-hydrogen) atoms. The summed E-state index contributed by atoms with van der Waals surface area (Å²) in [4.78, 5) is 20.2. The zero-order chi connectivity index (χ0) is 20.3. The van der Waals surface area contributed by atoms with E-state index in [1.54, 1.807) is 13.3 Å². The minimum atomic E-state index is -0.882. The van der Waals surface area contributed by atoms with Crippen molar-refractivity contribution in [1.82, 2.24) is 9.97 Å². The third-order valence-corrected chi connectivity index (χ3v) is 4.63. The first-order chi connectivity index (χ1) is 13.4. The molecule has 1 aromatic heterocycles. The lowest BCUT2D eigenvalue weighted by Crippen LogP contribution is -2.13. The van der Waals surface area contributed by atoms with Crippen LogP contribution in [0.2, 0.25) is 5.02 Å². The number of carbonyl (C=O) groups is 1. The first-order valence-corrected chi connectivity index (χ1v) is 9.38. The van der Waals surface area contributed by atoms with Crippen molar-refractivity contribution in [3.05, 3.63) is 47.1 Å². The molecule has 0 spiro atoms. The highest BCUT2D eigenvalue weighted by molar-refractivity contribution is 6.33. The van der Waals surface area contributed by atoms with Gasteiger partial charge in [0.15, 0.2) is 0 Å². The summed E-state index contributed by atoms with van der Waals surface area (Å²) in [5.41, 5.74) is 3.00. The summed E-state index contributed by atoms with van der Waals surface area (Å²) in [7, 11) is 1.57. The van der Waals surface area contributed by atoms with E-state index in [0.29, 0.717) is 22.2 Å². The maximum Gasteiger partial charge on any atom is 0.303 e. The van der Waals surface area contributed by atoms with Crippen LogP contribution < -0.4 is 10.1 Å². The van der Waals surface area contributed by atoms with Gasteiger partial charge in [0, 0.05) is 45.8 Å². The van der Waals surface area contributed by atoms with Gasteiger partial charge in [0.1, 0.15) is 5.75 Å². The summed E-state index contributed by atoms with van der Waals surface area (Å²) in [5.74, 6) is 0.190. The third kappa shape index (κ3) is 4.17. The van der Waals surface area contributed by atoms with E-state index in [4.69, 9.17) is 16.3 Å². The van der Waals surface area contributed by atoms with Crippen LogP contribution in [-0.4, -0.2) is 34.2 Å². The molecule has 2 N–H and O–H groups in total. The van der Waals surface area contributed by atoms with E-state index in [1.165, 1.54) is 0 Å². The molecule has 0 aliphatic heterocycles. The zero-order valence-corrected chi connectivity index (χ0v) is 16.7. The number of aryl methyl sites for hydroxylation is 1. The average Bonchev–Trinajstić information content (AvgIpc) is 2.65. The summed E-state index contributed by atoms with van der Waals surface area (Å²) in [6.45, 7) is 4.00. The largest absolute Gasteiger partial charge is 0.496 e. The van der Waals surface area contributed by atoms with Crippen molar-refractivity contribution in [3.8, 4) is 16.9 Å². The minimum Gasteiger partial charge on any atom is -0.496 e. The van der Waals surface area contributed by atoms with Crippen LogP contribution in [0.5, 0.6) is 5.75 Å². The van der Waals surface area contributed by atoms with E-state index in [2.05, 4.69) is 15.3 Å². The number of methoxy groups -OCH3 is 1. The molecule has 0 amide bonds. The molecule has 0 aliphatic rings. The van der Waals surface area contributed by atoms with Crippen LogP contribution >= 0.6 is 11.6 Å². The van der Waals surface area contributed by atoms with Gasteiger partial charge in [-0.2, -0.15) is 0 Å². The number of benzene rings is 2. The summed E-state index contributed by atoms with van der Waals surface area (Å²) in [5, 5.41) is 13.8. The van der Waals surface area contributed by atoms with E-state index >= 15 is 0 Å². The fourth-order valence-corrected chi connectivity index (χ4v) is 3.37. The Bertz CT molecular complexity index is 1020. The maximum atomic E-state index is 11.2. The van der Waals surface area contributed by atoms with Gasteiger partial charge in [-0.05, 0) is 32.4 Å². The zero-order valence-electron chi connectivity index (χ0n) is 16.0. The summed E-state index contributed by atoms with van der Waals surface area (Å²) >= 11 is 6.41. The van der Waals surface area contributed by atoms with E-state index in [1.807, 2.05) is 44.2 Å². The predicted octanol–water partition coefficient (Wildman–Crippen LogP) is 4.80. The number of aromatic nitrogens is 2. The number of fused-ring (bicyclic) bond motifs is 1. The Morgan fingerprint density at radius 3 is 2.68 bits per heavy atom. The molecule has 1 heterocycles. The Morgan fingerprint density at radius 1 is 1.29 bits per heavy atom. The molecule has 7 heteroatoms. The molecule has 146 valence electrons. The Hall–Kier alpha value is -2.86. The number of rotatable bonds is 7. The SMILES string of the molecule is COc1c(-c2ccccc2Cl)cc2cnc(NC(C)C)nc2c1CCC(=O)O. The lowest BCUT2D eigenvalue weighted by molar-refractivity contribution is -0.136. The van der Waals surface area contributed by atoms with E-state index in [-0.39, 0.29) is 18.9 Å². The first kappa shape index (κ1) is 19.9. The van der Waals surface area contributed by atoms with Gasteiger partial charge in [0.25, 0.3) is 0 Å². The van der Waals surface area contributed by atoms with Gasteiger partial charge in [0.05, 0.1) is 12.6 Å². The molecular formula is C21H22ClN3O3. The number of carboxylic acids is 1. The maximum absolute atomic E-state index is 11.2. The second-order valence-electron chi connectivity index (χ2n) is 6.74. The number of nitrogens with one attached hydrogen (secondary N) is 1. The number of anilines is 1. The number of carboxylic acid groups (broad SMARTS) is 1.